The lowest BCUT2D eigenvalue weighted by atomic mass is 9.92. The van der Waals surface area contributed by atoms with E-state index in [1.165, 1.54) is 50.6 Å². The lowest BCUT2D eigenvalue weighted by Gasteiger charge is -2.37. The molecular weight excluding hydrogens is 260 g/mol. The molecule has 1 saturated heterocycles. The third-order valence-corrected chi connectivity index (χ3v) is 5.25. The lowest BCUT2D eigenvalue weighted by molar-refractivity contribution is 0.0974. The van der Waals surface area contributed by atoms with Crippen LogP contribution in [0.3, 0.4) is 0 Å². The van der Waals surface area contributed by atoms with Gasteiger partial charge in [0.2, 0.25) is 0 Å². The van der Waals surface area contributed by atoms with Crippen LogP contribution in [0.4, 0.5) is 0 Å². The Kier molecular flexibility index (Phi) is 5.02. The van der Waals surface area contributed by atoms with Crippen molar-refractivity contribution in [3.63, 3.8) is 0 Å². The Morgan fingerprint density at radius 2 is 2.14 bits per heavy atom. The van der Waals surface area contributed by atoms with Crippen molar-refractivity contribution in [2.45, 2.75) is 71.5 Å². The smallest absolute Gasteiger partial charge is 0.120 e. The second-order valence-corrected chi connectivity index (χ2v) is 6.87. The number of likely N-dealkylation sites (tertiary alicyclic amines) is 1. The molecule has 3 heteroatoms. The number of rotatable bonds is 6. The van der Waals surface area contributed by atoms with Gasteiger partial charge in [-0.15, -0.1) is 0 Å². The van der Waals surface area contributed by atoms with Crippen LogP contribution in [-0.4, -0.2) is 24.0 Å². The van der Waals surface area contributed by atoms with Gasteiger partial charge in [0.25, 0.3) is 0 Å². The maximum absolute atomic E-state index is 6.11. The first-order valence-corrected chi connectivity index (χ1v) is 8.81. The monoisotopic (exact) mass is 290 g/mol. The molecule has 3 rings (SSSR count). The second kappa shape index (κ2) is 6.97. The summed E-state index contributed by atoms with van der Waals surface area (Å²) in [4.78, 5) is 2.68. The van der Waals surface area contributed by atoms with Gasteiger partial charge < -0.3 is 9.73 Å². The third kappa shape index (κ3) is 3.51. The zero-order valence-electron chi connectivity index (χ0n) is 13.7. The van der Waals surface area contributed by atoms with Crippen LogP contribution in [0.25, 0.3) is 0 Å². The normalized spacial score (nSPS) is 26.2. The van der Waals surface area contributed by atoms with E-state index in [1.807, 2.05) is 0 Å². The van der Waals surface area contributed by atoms with Gasteiger partial charge in [-0.25, -0.2) is 0 Å². The SMILES string of the molecule is CCCNCc1oc(CN2CCCC3CCCC32)cc1C. The van der Waals surface area contributed by atoms with Crippen molar-refractivity contribution < 1.29 is 4.42 Å². The fourth-order valence-electron chi connectivity index (χ4n) is 4.18. The molecule has 1 aromatic heterocycles. The molecule has 0 bridgehead atoms. The fraction of sp³-hybridized carbons (Fsp3) is 0.778. The quantitative estimate of drug-likeness (QED) is 0.807. The molecule has 118 valence electrons. The van der Waals surface area contributed by atoms with E-state index in [0.29, 0.717) is 0 Å². The van der Waals surface area contributed by atoms with Gasteiger partial charge >= 0.3 is 0 Å². The van der Waals surface area contributed by atoms with E-state index in [0.717, 1.165) is 43.1 Å². The minimum absolute atomic E-state index is 0.825. The maximum Gasteiger partial charge on any atom is 0.120 e. The molecule has 1 saturated carbocycles. The molecule has 1 N–H and O–H groups in total. The number of fused-ring (bicyclic) bond motifs is 1. The van der Waals surface area contributed by atoms with Gasteiger partial charge in [-0.05, 0) is 69.7 Å². The Morgan fingerprint density at radius 1 is 1.29 bits per heavy atom. The molecule has 0 amide bonds. The highest BCUT2D eigenvalue weighted by molar-refractivity contribution is 5.20. The summed E-state index contributed by atoms with van der Waals surface area (Å²) in [5, 5.41) is 3.44. The highest BCUT2D eigenvalue weighted by atomic mass is 16.3. The van der Waals surface area contributed by atoms with E-state index in [-0.39, 0.29) is 0 Å². The molecule has 21 heavy (non-hydrogen) atoms. The zero-order valence-corrected chi connectivity index (χ0v) is 13.7. The van der Waals surface area contributed by atoms with Crippen LogP contribution >= 0.6 is 0 Å². The highest BCUT2D eigenvalue weighted by Crippen LogP contribution is 2.37. The summed E-state index contributed by atoms with van der Waals surface area (Å²) >= 11 is 0. The number of hydrogen-bond acceptors (Lipinski definition) is 3. The third-order valence-electron chi connectivity index (χ3n) is 5.25. The topological polar surface area (TPSA) is 28.4 Å². The van der Waals surface area contributed by atoms with Gasteiger partial charge in [0.15, 0.2) is 0 Å². The van der Waals surface area contributed by atoms with Crippen molar-refractivity contribution >= 4 is 0 Å². The standard InChI is InChI=1S/C18H30N2O/c1-3-9-19-12-18-14(2)11-16(21-18)13-20-10-5-7-15-6-4-8-17(15)20/h11,15,17,19H,3-10,12-13H2,1-2H3. The van der Waals surface area contributed by atoms with Crippen molar-refractivity contribution in [3.05, 3.63) is 23.2 Å². The number of piperidine rings is 1. The number of aryl methyl sites for hydroxylation is 1. The molecule has 2 fully saturated rings. The molecule has 1 aromatic rings. The van der Waals surface area contributed by atoms with Gasteiger partial charge in [0.05, 0.1) is 13.1 Å². The summed E-state index contributed by atoms with van der Waals surface area (Å²) in [5.41, 5.74) is 1.30. The Hall–Kier alpha value is -0.800. The van der Waals surface area contributed by atoms with Crippen LogP contribution in [0.15, 0.2) is 10.5 Å². The molecule has 3 nitrogen and oxygen atoms in total. The van der Waals surface area contributed by atoms with Crippen molar-refractivity contribution in [2.24, 2.45) is 5.92 Å². The predicted octanol–water partition coefficient (Wildman–Crippen LogP) is 3.85. The molecule has 0 aromatic carbocycles. The Bertz CT molecular complexity index is 454. The summed E-state index contributed by atoms with van der Waals surface area (Å²) in [6, 6.07) is 3.08. The summed E-state index contributed by atoms with van der Waals surface area (Å²) in [6.07, 6.45) is 8.26. The largest absolute Gasteiger partial charge is 0.463 e. The van der Waals surface area contributed by atoms with Crippen LogP contribution < -0.4 is 5.32 Å². The van der Waals surface area contributed by atoms with Gasteiger partial charge in [0.1, 0.15) is 11.5 Å². The van der Waals surface area contributed by atoms with Crippen LogP contribution in [0.5, 0.6) is 0 Å². The van der Waals surface area contributed by atoms with Crippen LogP contribution in [0.1, 0.15) is 62.5 Å². The number of furan rings is 1. The average Bonchev–Trinajstić information content (AvgIpc) is 3.07. The first kappa shape index (κ1) is 15.1. The number of nitrogens with zero attached hydrogens (tertiary/aromatic N) is 1. The highest BCUT2D eigenvalue weighted by Gasteiger charge is 2.35. The van der Waals surface area contributed by atoms with Gasteiger partial charge in [-0.1, -0.05) is 13.3 Å². The fourth-order valence-corrected chi connectivity index (χ4v) is 4.18. The Labute approximate surface area is 129 Å². The number of nitrogens with one attached hydrogen (secondary N) is 1. The molecule has 0 spiro atoms. The molecule has 0 radical (unpaired) electrons. The van der Waals surface area contributed by atoms with Crippen molar-refractivity contribution in [3.8, 4) is 0 Å². The molecule has 2 aliphatic rings. The first-order chi connectivity index (χ1) is 10.3. The minimum Gasteiger partial charge on any atom is -0.463 e. The summed E-state index contributed by atoms with van der Waals surface area (Å²) in [7, 11) is 0. The van der Waals surface area contributed by atoms with E-state index < -0.39 is 0 Å². The zero-order chi connectivity index (χ0) is 14.7. The predicted molar refractivity (Wildman–Crippen MR) is 86.2 cm³/mol. The summed E-state index contributed by atoms with van der Waals surface area (Å²) < 4.78 is 6.11. The summed E-state index contributed by atoms with van der Waals surface area (Å²) in [5.74, 6) is 3.24. The second-order valence-electron chi connectivity index (χ2n) is 6.87. The van der Waals surface area contributed by atoms with Crippen molar-refractivity contribution in [1.29, 1.82) is 0 Å². The maximum atomic E-state index is 6.11. The molecule has 1 aliphatic carbocycles. The van der Waals surface area contributed by atoms with E-state index >= 15 is 0 Å². The number of hydrogen-bond donors (Lipinski definition) is 1. The molecule has 2 atom stereocenters. The van der Waals surface area contributed by atoms with Crippen LogP contribution in [0, 0.1) is 12.8 Å². The van der Waals surface area contributed by atoms with E-state index in [9.17, 15) is 0 Å². The van der Waals surface area contributed by atoms with Gasteiger partial charge in [-0.2, -0.15) is 0 Å². The summed E-state index contributed by atoms with van der Waals surface area (Å²) in [6.45, 7) is 8.56. The van der Waals surface area contributed by atoms with Crippen molar-refractivity contribution in [1.82, 2.24) is 10.2 Å². The molecular formula is C18H30N2O. The van der Waals surface area contributed by atoms with E-state index in [4.69, 9.17) is 4.42 Å². The molecule has 1 aliphatic heterocycles. The Morgan fingerprint density at radius 3 is 3.00 bits per heavy atom. The van der Waals surface area contributed by atoms with Crippen LogP contribution in [0.2, 0.25) is 0 Å². The minimum atomic E-state index is 0.825. The van der Waals surface area contributed by atoms with Crippen molar-refractivity contribution in [2.75, 3.05) is 13.1 Å². The molecule has 2 unspecified atom stereocenters. The lowest BCUT2D eigenvalue weighted by Crippen LogP contribution is -2.41. The van der Waals surface area contributed by atoms with Gasteiger partial charge in [0, 0.05) is 6.04 Å². The van der Waals surface area contributed by atoms with Gasteiger partial charge in [-0.3, -0.25) is 4.90 Å². The van der Waals surface area contributed by atoms with Crippen LogP contribution in [-0.2, 0) is 13.1 Å². The molecule has 2 heterocycles. The first-order valence-electron chi connectivity index (χ1n) is 8.81. The van der Waals surface area contributed by atoms with E-state index in [1.54, 1.807) is 0 Å². The Balaban J connectivity index is 1.60. The van der Waals surface area contributed by atoms with E-state index in [2.05, 4.69) is 30.1 Å². The average molecular weight is 290 g/mol.